The van der Waals surface area contributed by atoms with Crippen molar-refractivity contribution in [3.63, 3.8) is 0 Å². The number of ketones is 1. The van der Waals surface area contributed by atoms with E-state index in [1.54, 1.807) is 18.2 Å². The predicted octanol–water partition coefficient (Wildman–Crippen LogP) is 3.06. The number of methoxy groups -OCH3 is 3. The number of hydrogen-bond donors (Lipinski definition) is 1. The molecule has 0 spiro atoms. The van der Waals surface area contributed by atoms with Gasteiger partial charge in [-0.2, -0.15) is 0 Å². The van der Waals surface area contributed by atoms with Crippen LogP contribution in [0.15, 0.2) is 24.3 Å². The zero-order chi connectivity index (χ0) is 17.6. The van der Waals surface area contributed by atoms with E-state index in [9.17, 15) is 9.90 Å². The summed E-state index contributed by atoms with van der Waals surface area (Å²) in [4.78, 5) is 13.0. The van der Waals surface area contributed by atoms with E-state index in [1.807, 2.05) is 19.9 Å². The highest BCUT2D eigenvalue weighted by atomic mass is 16.7. The molecule has 0 heterocycles. The second-order valence-corrected chi connectivity index (χ2v) is 5.90. The highest BCUT2D eigenvalue weighted by Gasteiger charge is 2.49. The standard InChI is InChI=1S/C19H20O5/c1-10-8-13-15(14(20)9-10)19(23-4,24-5)16-12(17(13)21)7-6-11(2)18(16)22-3/h6-9,20H,1-5H3. The van der Waals surface area contributed by atoms with Gasteiger partial charge in [-0.15, -0.1) is 0 Å². The molecule has 126 valence electrons. The zero-order valence-electron chi connectivity index (χ0n) is 14.4. The van der Waals surface area contributed by atoms with Gasteiger partial charge in [-0.05, 0) is 37.1 Å². The van der Waals surface area contributed by atoms with Gasteiger partial charge < -0.3 is 19.3 Å². The number of aromatic hydroxyl groups is 1. The Balaban J connectivity index is 2.50. The molecule has 24 heavy (non-hydrogen) atoms. The highest BCUT2D eigenvalue weighted by Crippen LogP contribution is 2.50. The molecule has 0 fully saturated rings. The number of hydrogen-bond acceptors (Lipinski definition) is 5. The van der Waals surface area contributed by atoms with Crippen molar-refractivity contribution in [3.05, 3.63) is 57.6 Å². The summed E-state index contributed by atoms with van der Waals surface area (Å²) >= 11 is 0. The molecule has 0 amide bonds. The van der Waals surface area contributed by atoms with Crippen LogP contribution in [-0.4, -0.2) is 32.2 Å². The van der Waals surface area contributed by atoms with Gasteiger partial charge in [0.2, 0.25) is 5.79 Å². The number of phenolic OH excluding ortho intramolecular Hbond substituents is 1. The molecule has 0 saturated heterocycles. The van der Waals surface area contributed by atoms with Gasteiger partial charge in [0.25, 0.3) is 0 Å². The van der Waals surface area contributed by atoms with Crippen LogP contribution < -0.4 is 4.74 Å². The van der Waals surface area contributed by atoms with Crippen molar-refractivity contribution in [3.8, 4) is 11.5 Å². The molecular weight excluding hydrogens is 308 g/mol. The molecule has 0 radical (unpaired) electrons. The second kappa shape index (κ2) is 5.61. The Labute approximate surface area is 140 Å². The average molecular weight is 328 g/mol. The van der Waals surface area contributed by atoms with Crippen molar-refractivity contribution in [1.29, 1.82) is 0 Å². The van der Waals surface area contributed by atoms with Crippen molar-refractivity contribution < 1.29 is 24.1 Å². The molecule has 0 bridgehead atoms. The first-order chi connectivity index (χ1) is 11.4. The topological polar surface area (TPSA) is 65.0 Å². The van der Waals surface area contributed by atoms with Gasteiger partial charge in [0.15, 0.2) is 5.78 Å². The Kier molecular flexibility index (Phi) is 3.86. The Morgan fingerprint density at radius 3 is 2.21 bits per heavy atom. The molecule has 1 aliphatic carbocycles. The molecule has 0 saturated carbocycles. The summed E-state index contributed by atoms with van der Waals surface area (Å²) in [6.45, 7) is 3.70. The lowest BCUT2D eigenvalue weighted by Crippen LogP contribution is -2.40. The summed E-state index contributed by atoms with van der Waals surface area (Å²) in [5.41, 5.74) is 3.22. The Hall–Kier alpha value is -2.37. The first-order valence-electron chi connectivity index (χ1n) is 7.58. The number of phenols is 1. The molecule has 5 heteroatoms. The lowest BCUT2D eigenvalue weighted by atomic mass is 9.78. The van der Waals surface area contributed by atoms with Crippen molar-refractivity contribution >= 4 is 5.78 Å². The SMILES string of the molecule is COc1c(C)ccc2c1C(OC)(OC)c1c(O)cc(C)cc1C2=O. The number of carbonyl (C=O) groups excluding carboxylic acids is 1. The average Bonchev–Trinajstić information content (AvgIpc) is 2.56. The summed E-state index contributed by atoms with van der Waals surface area (Å²) in [5.74, 6) is -1.15. The van der Waals surface area contributed by atoms with E-state index < -0.39 is 5.79 Å². The Bertz CT molecular complexity index is 834. The molecule has 1 N–H and O–H groups in total. The molecule has 5 nitrogen and oxygen atoms in total. The third kappa shape index (κ3) is 1.98. The fourth-order valence-corrected chi connectivity index (χ4v) is 3.52. The minimum absolute atomic E-state index is 0.0451. The van der Waals surface area contributed by atoms with E-state index >= 15 is 0 Å². The molecule has 2 aromatic rings. The molecule has 1 aliphatic rings. The maximum Gasteiger partial charge on any atom is 0.230 e. The number of aryl methyl sites for hydroxylation is 2. The number of ether oxygens (including phenoxy) is 3. The van der Waals surface area contributed by atoms with Gasteiger partial charge in [-0.3, -0.25) is 4.79 Å². The number of fused-ring (bicyclic) bond motifs is 2. The third-order valence-corrected chi connectivity index (χ3v) is 4.54. The minimum atomic E-state index is -1.42. The van der Waals surface area contributed by atoms with Crippen LogP contribution in [0.5, 0.6) is 11.5 Å². The third-order valence-electron chi connectivity index (χ3n) is 4.54. The molecule has 0 aliphatic heterocycles. The Morgan fingerprint density at radius 1 is 0.958 bits per heavy atom. The summed E-state index contributed by atoms with van der Waals surface area (Å²) in [6.07, 6.45) is 0. The first kappa shape index (κ1) is 16.5. The van der Waals surface area contributed by atoms with E-state index in [1.165, 1.54) is 21.3 Å². The molecule has 2 aromatic carbocycles. The van der Waals surface area contributed by atoms with Crippen molar-refractivity contribution in [2.75, 3.05) is 21.3 Å². The van der Waals surface area contributed by atoms with E-state index in [-0.39, 0.29) is 11.5 Å². The van der Waals surface area contributed by atoms with Crippen molar-refractivity contribution in [1.82, 2.24) is 0 Å². The quantitative estimate of drug-likeness (QED) is 0.877. The molecule has 0 atom stereocenters. The molecule has 3 rings (SSSR count). The van der Waals surface area contributed by atoms with Gasteiger partial charge in [-0.25, -0.2) is 0 Å². The van der Waals surface area contributed by atoms with Gasteiger partial charge in [-0.1, -0.05) is 12.1 Å². The number of rotatable bonds is 3. The number of benzene rings is 2. The van der Waals surface area contributed by atoms with Crippen LogP contribution in [0.25, 0.3) is 0 Å². The van der Waals surface area contributed by atoms with Crippen LogP contribution in [0.1, 0.15) is 38.2 Å². The fraction of sp³-hybridized carbons (Fsp3) is 0.316. The highest BCUT2D eigenvalue weighted by molar-refractivity contribution is 6.14. The first-order valence-corrected chi connectivity index (χ1v) is 7.58. The van der Waals surface area contributed by atoms with E-state index in [4.69, 9.17) is 14.2 Å². The largest absolute Gasteiger partial charge is 0.507 e. The molecule has 0 aromatic heterocycles. The van der Waals surface area contributed by atoms with Crippen LogP contribution in [0.2, 0.25) is 0 Å². The lowest BCUT2D eigenvalue weighted by molar-refractivity contribution is -0.186. The maximum atomic E-state index is 13.0. The summed E-state index contributed by atoms with van der Waals surface area (Å²) in [7, 11) is 4.50. The summed E-state index contributed by atoms with van der Waals surface area (Å²) in [6, 6.07) is 6.89. The van der Waals surface area contributed by atoms with Crippen LogP contribution in [-0.2, 0) is 15.3 Å². The normalized spacial score (nSPS) is 15.0. The van der Waals surface area contributed by atoms with Crippen LogP contribution in [0.3, 0.4) is 0 Å². The van der Waals surface area contributed by atoms with Crippen molar-refractivity contribution in [2.45, 2.75) is 19.6 Å². The lowest BCUT2D eigenvalue weighted by Gasteiger charge is -2.39. The minimum Gasteiger partial charge on any atom is -0.507 e. The summed E-state index contributed by atoms with van der Waals surface area (Å²) < 4.78 is 17.0. The van der Waals surface area contributed by atoms with Crippen LogP contribution in [0, 0.1) is 13.8 Å². The molecular formula is C19H20O5. The Morgan fingerprint density at radius 2 is 1.62 bits per heavy atom. The van der Waals surface area contributed by atoms with E-state index in [2.05, 4.69) is 0 Å². The summed E-state index contributed by atoms with van der Waals surface area (Å²) in [5, 5.41) is 10.6. The van der Waals surface area contributed by atoms with Crippen molar-refractivity contribution in [2.24, 2.45) is 0 Å². The number of carbonyl (C=O) groups is 1. The van der Waals surface area contributed by atoms with Gasteiger partial charge in [0.1, 0.15) is 11.5 Å². The smallest absolute Gasteiger partial charge is 0.230 e. The van der Waals surface area contributed by atoms with Gasteiger partial charge >= 0.3 is 0 Å². The fourth-order valence-electron chi connectivity index (χ4n) is 3.52. The predicted molar refractivity (Wildman–Crippen MR) is 88.8 cm³/mol. The van der Waals surface area contributed by atoms with Gasteiger partial charge in [0.05, 0.1) is 18.2 Å². The molecule has 0 unspecified atom stereocenters. The van der Waals surface area contributed by atoms with Crippen LogP contribution >= 0.6 is 0 Å². The second-order valence-electron chi connectivity index (χ2n) is 5.90. The monoisotopic (exact) mass is 328 g/mol. The van der Waals surface area contributed by atoms with Gasteiger partial charge in [0, 0.05) is 25.3 Å². The zero-order valence-corrected chi connectivity index (χ0v) is 14.4. The van der Waals surface area contributed by atoms with E-state index in [0.29, 0.717) is 28.0 Å². The van der Waals surface area contributed by atoms with E-state index in [0.717, 1.165) is 11.1 Å². The van der Waals surface area contributed by atoms with Crippen LogP contribution in [0.4, 0.5) is 0 Å². The maximum absolute atomic E-state index is 13.0.